The van der Waals surface area contributed by atoms with Gasteiger partial charge in [0.25, 0.3) is 0 Å². The van der Waals surface area contributed by atoms with Gasteiger partial charge in [-0.1, -0.05) is 30.3 Å². The lowest BCUT2D eigenvalue weighted by atomic mass is 9.99. The maximum absolute atomic E-state index is 12.2. The van der Waals surface area contributed by atoms with E-state index in [-0.39, 0.29) is 22.9 Å². The Morgan fingerprint density at radius 1 is 0.944 bits per heavy atom. The summed E-state index contributed by atoms with van der Waals surface area (Å²) in [5, 5.41) is 9.72. The first-order valence-electron chi connectivity index (χ1n) is 5.53. The van der Waals surface area contributed by atoms with Crippen molar-refractivity contribution in [1.82, 2.24) is 0 Å². The van der Waals surface area contributed by atoms with Crippen LogP contribution in [0.4, 0.5) is 0 Å². The summed E-state index contributed by atoms with van der Waals surface area (Å²) in [7, 11) is 0. The number of phenols is 1. The Morgan fingerprint density at radius 2 is 1.61 bits per heavy atom. The summed E-state index contributed by atoms with van der Waals surface area (Å²) in [6.45, 7) is 1.42. The minimum atomic E-state index is -0.295. The van der Waals surface area contributed by atoms with Crippen molar-refractivity contribution >= 4 is 11.6 Å². The largest absolute Gasteiger partial charge is 0.507 e. The van der Waals surface area contributed by atoms with E-state index in [4.69, 9.17) is 0 Å². The highest BCUT2D eigenvalue weighted by Crippen LogP contribution is 2.22. The molecule has 0 saturated heterocycles. The molecule has 0 radical (unpaired) electrons. The molecule has 2 rings (SSSR count). The SMILES string of the molecule is CC(=O)c1ccc(O)c(C(=O)c2ccccc2)c1. The van der Waals surface area contributed by atoms with Crippen LogP contribution in [0.1, 0.15) is 33.2 Å². The Kier molecular flexibility index (Phi) is 3.24. The fourth-order valence-electron chi connectivity index (χ4n) is 1.68. The third-order valence-corrected chi connectivity index (χ3v) is 2.68. The molecule has 0 saturated carbocycles. The summed E-state index contributed by atoms with van der Waals surface area (Å²) >= 11 is 0. The Labute approximate surface area is 105 Å². The molecule has 90 valence electrons. The molecule has 0 bridgehead atoms. The van der Waals surface area contributed by atoms with E-state index in [0.29, 0.717) is 11.1 Å². The van der Waals surface area contributed by atoms with Gasteiger partial charge in [-0.3, -0.25) is 9.59 Å². The zero-order valence-electron chi connectivity index (χ0n) is 9.88. The second kappa shape index (κ2) is 4.84. The van der Waals surface area contributed by atoms with E-state index in [1.807, 2.05) is 6.07 Å². The standard InChI is InChI=1S/C15H12O3/c1-10(16)12-7-8-14(17)13(9-12)15(18)11-5-3-2-4-6-11/h2-9,17H,1H3. The second-order valence-electron chi connectivity index (χ2n) is 3.98. The molecule has 0 unspecified atom stereocenters. The highest BCUT2D eigenvalue weighted by molar-refractivity contribution is 6.11. The number of ketones is 2. The van der Waals surface area contributed by atoms with Gasteiger partial charge in [-0.25, -0.2) is 0 Å². The van der Waals surface area contributed by atoms with Crippen LogP contribution < -0.4 is 0 Å². The number of carbonyl (C=O) groups excluding carboxylic acids is 2. The van der Waals surface area contributed by atoms with E-state index >= 15 is 0 Å². The van der Waals surface area contributed by atoms with E-state index in [0.717, 1.165) is 0 Å². The molecule has 18 heavy (non-hydrogen) atoms. The van der Waals surface area contributed by atoms with Crippen LogP contribution in [0.25, 0.3) is 0 Å². The first kappa shape index (κ1) is 12.0. The molecule has 2 aromatic carbocycles. The van der Waals surface area contributed by atoms with Gasteiger partial charge in [-0.15, -0.1) is 0 Å². The zero-order valence-corrected chi connectivity index (χ0v) is 9.88. The van der Waals surface area contributed by atoms with Gasteiger partial charge < -0.3 is 5.11 Å². The van der Waals surface area contributed by atoms with Crippen molar-refractivity contribution in [1.29, 1.82) is 0 Å². The molecule has 3 nitrogen and oxygen atoms in total. The van der Waals surface area contributed by atoms with Gasteiger partial charge in [-0.2, -0.15) is 0 Å². The molecule has 0 aliphatic rings. The number of hydrogen-bond acceptors (Lipinski definition) is 3. The normalized spacial score (nSPS) is 10.1. The quantitative estimate of drug-likeness (QED) is 0.839. The smallest absolute Gasteiger partial charge is 0.196 e. The summed E-state index contributed by atoms with van der Waals surface area (Å²) < 4.78 is 0. The maximum Gasteiger partial charge on any atom is 0.196 e. The van der Waals surface area contributed by atoms with Crippen molar-refractivity contribution in [3.05, 3.63) is 65.2 Å². The van der Waals surface area contributed by atoms with Gasteiger partial charge in [0.15, 0.2) is 11.6 Å². The molecule has 0 heterocycles. The van der Waals surface area contributed by atoms with Crippen molar-refractivity contribution < 1.29 is 14.7 Å². The molecule has 0 aromatic heterocycles. The number of hydrogen-bond donors (Lipinski definition) is 1. The number of carbonyl (C=O) groups is 2. The average Bonchev–Trinajstić information content (AvgIpc) is 2.39. The molecule has 0 amide bonds. The predicted octanol–water partition coefficient (Wildman–Crippen LogP) is 2.83. The number of aromatic hydroxyl groups is 1. The first-order valence-corrected chi connectivity index (χ1v) is 5.53. The molecule has 2 aromatic rings. The first-order chi connectivity index (χ1) is 8.59. The maximum atomic E-state index is 12.2. The van der Waals surface area contributed by atoms with Crippen molar-refractivity contribution in [3.63, 3.8) is 0 Å². The van der Waals surface area contributed by atoms with Crippen LogP contribution in [0, 0.1) is 0 Å². The molecule has 0 atom stereocenters. The lowest BCUT2D eigenvalue weighted by molar-refractivity contribution is 0.101. The third kappa shape index (κ3) is 2.30. The van der Waals surface area contributed by atoms with Crippen LogP contribution in [0.15, 0.2) is 48.5 Å². The monoisotopic (exact) mass is 240 g/mol. The Bertz CT molecular complexity index is 600. The van der Waals surface area contributed by atoms with Crippen LogP contribution in [0.5, 0.6) is 5.75 Å². The highest BCUT2D eigenvalue weighted by Gasteiger charge is 2.14. The van der Waals surface area contributed by atoms with E-state index < -0.39 is 0 Å². The number of rotatable bonds is 3. The van der Waals surface area contributed by atoms with Crippen molar-refractivity contribution in [2.75, 3.05) is 0 Å². The topological polar surface area (TPSA) is 54.4 Å². The Morgan fingerprint density at radius 3 is 2.22 bits per heavy atom. The number of benzene rings is 2. The van der Waals surface area contributed by atoms with Gasteiger partial charge in [-0.05, 0) is 25.1 Å². The van der Waals surface area contributed by atoms with E-state index in [1.165, 1.54) is 25.1 Å². The summed E-state index contributed by atoms with van der Waals surface area (Å²) in [5.74, 6) is -0.554. The summed E-state index contributed by atoms with van der Waals surface area (Å²) in [6.07, 6.45) is 0. The van der Waals surface area contributed by atoms with Gasteiger partial charge in [0.2, 0.25) is 0 Å². The second-order valence-corrected chi connectivity index (χ2v) is 3.98. The fraction of sp³-hybridized carbons (Fsp3) is 0.0667. The predicted molar refractivity (Wildman–Crippen MR) is 68.0 cm³/mol. The molecular formula is C15H12O3. The number of Topliss-reactive ketones (excluding diaryl/α,β-unsaturated/α-hetero) is 1. The minimum absolute atomic E-state index is 0.117. The van der Waals surface area contributed by atoms with Crippen molar-refractivity contribution in [2.24, 2.45) is 0 Å². The van der Waals surface area contributed by atoms with E-state index in [9.17, 15) is 14.7 Å². The van der Waals surface area contributed by atoms with Crippen LogP contribution in [0.2, 0.25) is 0 Å². The molecule has 0 spiro atoms. The van der Waals surface area contributed by atoms with Crippen LogP contribution in [-0.4, -0.2) is 16.7 Å². The van der Waals surface area contributed by atoms with Crippen LogP contribution in [0.3, 0.4) is 0 Å². The fourth-order valence-corrected chi connectivity index (χ4v) is 1.68. The molecule has 1 N–H and O–H groups in total. The van der Waals surface area contributed by atoms with Crippen molar-refractivity contribution in [3.8, 4) is 5.75 Å². The lowest BCUT2D eigenvalue weighted by Gasteiger charge is -2.05. The van der Waals surface area contributed by atoms with E-state index in [2.05, 4.69) is 0 Å². The van der Waals surface area contributed by atoms with E-state index in [1.54, 1.807) is 24.3 Å². The Hall–Kier alpha value is -2.42. The van der Waals surface area contributed by atoms with Crippen molar-refractivity contribution in [2.45, 2.75) is 6.92 Å². The summed E-state index contributed by atoms with van der Waals surface area (Å²) in [5.41, 5.74) is 1.04. The van der Waals surface area contributed by atoms with Crippen LogP contribution >= 0.6 is 0 Å². The molecule has 3 heteroatoms. The molecule has 0 aliphatic heterocycles. The van der Waals surface area contributed by atoms with Gasteiger partial charge >= 0.3 is 0 Å². The van der Waals surface area contributed by atoms with Gasteiger partial charge in [0.1, 0.15) is 5.75 Å². The summed E-state index contributed by atoms with van der Waals surface area (Å²) in [4.78, 5) is 23.4. The van der Waals surface area contributed by atoms with Gasteiger partial charge in [0, 0.05) is 11.1 Å². The zero-order chi connectivity index (χ0) is 13.1. The molecule has 0 aliphatic carbocycles. The Balaban J connectivity index is 2.48. The summed E-state index contributed by atoms with van der Waals surface area (Å²) in [6, 6.07) is 12.9. The molecule has 0 fully saturated rings. The number of phenolic OH excluding ortho intramolecular Hbond substituents is 1. The third-order valence-electron chi connectivity index (χ3n) is 2.68. The minimum Gasteiger partial charge on any atom is -0.507 e. The average molecular weight is 240 g/mol. The lowest BCUT2D eigenvalue weighted by Crippen LogP contribution is -2.03. The van der Waals surface area contributed by atoms with Crippen LogP contribution in [-0.2, 0) is 0 Å². The van der Waals surface area contributed by atoms with Gasteiger partial charge in [0.05, 0.1) is 5.56 Å². The molecular weight excluding hydrogens is 228 g/mol. The highest BCUT2D eigenvalue weighted by atomic mass is 16.3.